The Hall–Kier alpha value is -1.28. The van der Waals surface area contributed by atoms with Crippen LogP contribution in [-0.4, -0.2) is 52.1 Å². The predicted octanol–water partition coefficient (Wildman–Crippen LogP) is 1.49. The van der Waals surface area contributed by atoms with Gasteiger partial charge in [0.1, 0.15) is 6.04 Å². The summed E-state index contributed by atoms with van der Waals surface area (Å²) in [4.78, 5) is 28.4. The molecule has 0 aromatic carbocycles. The molecule has 0 saturated heterocycles. The van der Waals surface area contributed by atoms with Crippen LogP contribution in [-0.2, 0) is 11.3 Å². The summed E-state index contributed by atoms with van der Waals surface area (Å²) in [5.74, 6) is -0.322. The molecular formula is C11H17N3O3S2. The predicted molar refractivity (Wildman–Crippen MR) is 76.5 cm³/mol. The molecule has 0 aliphatic heterocycles. The molecule has 19 heavy (non-hydrogen) atoms. The van der Waals surface area contributed by atoms with Crippen molar-refractivity contribution in [3.63, 3.8) is 0 Å². The molecule has 1 heterocycles. The molecule has 1 rings (SSSR count). The number of hydrogen-bond acceptors (Lipinski definition) is 5. The zero-order valence-electron chi connectivity index (χ0n) is 10.8. The third-order valence-corrected chi connectivity index (χ3v) is 3.72. The van der Waals surface area contributed by atoms with Gasteiger partial charge >= 0.3 is 12.0 Å². The standard InChI is InChI=1S/C11H17N3O3S2/c1-14(5-8-6-19-7-12-8)11(17)13-9(10(15)16)3-4-18-2/h6-7,9H,3-5H2,1-2H3,(H,13,17)(H,15,16)/t9-/m0/s1. The van der Waals surface area contributed by atoms with E-state index in [1.807, 2.05) is 11.6 Å². The van der Waals surface area contributed by atoms with Crippen molar-refractivity contribution in [3.05, 3.63) is 16.6 Å². The van der Waals surface area contributed by atoms with E-state index in [9.17, 15) is 9.59 Å². The van der Waals surface area contributed by atoms with Gasteiger partial charge in [-0.1, -0.05) is 0 Å². The van der Waals surface area contributed by atoms with Gasteiger partial charge in [0, 0.05) is 12.4 Å². The van der Waals surface area contributed by atoms with E-state index in [0.717, 1.165) is 5.69 Å². The first-order valence-corrected chi connectivity index (χ1v) is 7.98. The fraction of sp³-hybridized carbons (Fsp3) is 0.545. The van der Waals surface area contributed by atoms with E-state index in [4.69, 9.17) is 5.11 Å². The van der Waals surface area contributed by atoms with Crippen molar-refractivity contribution in [2.75, 3.05) is 19.1 Å². The monoisotopic (exact) mass is 303 g/mol. The second-order valence-corrected chi connectivity index (χ2v) is 5.66. The van der Waals surface area contributed by atoms with Gasteiger partial charge in [-0.05, 0) is 18.4 Å². The van der Waals surface area contributed by atoms with Gasteiger partial charge in [-0.2, -0.15) is 11.8 Å². The minimum absolute atomic E-state index is 0.365. The van der Waals surface area contributed by atoms with E-state index in [0.29, 0.717) is 18.7 Å². The maximum absolute atomic E-state index is 11.9. The van der Waals surface area contributed by atoms with Gasteiger partial charge in [-0.15, -0.1) is 11.3 Å². The Bertz CT molecular complexity index is 411. The summed E-state index contributed by atoms with van der Waals surface area (Å²) in [5.41, 5.74) is 2.48. The molecule has 0 unspecified atom stereocenters. The molecule has 0 radical (unpaired) electrons. The normalized spacial score (nSPS) is 11.9. The molecule has 0 bridgehead atoms. The molecule has 1 atom stereocenters. The smallest absolute Gasteiger partial charge is 0.326 e. The van der Waals surface area contributed by atoms with Crippen molar-refractivity contribution in [3.8, 4) is 0 Å². The van der Waals surface area contributed by atoms with Gasteiger partial charge in [0.15, 0.2) is 0 Å². The van der Waals surface area contributed by atoms with E-state index < -0.39 is 18.0 Å². The molecule has 1 aromatic rings. The number of aliphatic carboxylic acids is 1. The third kappa shape index (κ3) is 5.48. The first-order chi connectivity index (χ1) is 9.04. The number of rotatable bonds is 7. The van der Waals surface area contributed by atoms with E-state index in [2.05, 4.69) is 10.3 Å². The zero-order chi connectivity index (χ0) is 14.3. The van der Waals surface area contributed by atoms with Crippen LogP contribution in [0, 0.1) is 0 Å². The van der Waals surface area contributed by atoms with Crippen LogP contribution in [0.5, 0.6) is 0 Å². The quantitative estimate of drug-likeness (QED) is 0.797. The Morgan fingerprint density at radius 3 is 2.89 bits per heavy atom. The molecule has 8 heteroatoms. The Labute approximate surface area is 120 Å². The van der Waals surface area contributed by atoms with Gasteiger partial charge in [0.2, 0.25) is 0 Å². The second kappa shape index (κ2) is 8.00. The number of nitrogens with zero attached hydrogens (tertiary/aromatic N) is 2. The number of thioether (sulfide) groups is 1. The summed E-state index contributed by atoms with van der Waals surface area (Å²) in [6.07, 6.45) is 2.31. The molecule has 2 amide bonds. The van der Waals surface area contributed by atoms with Crippen LogP contribution in [0.15, 0.2) is 10.9 Å². The lowest BCUT2D eigenvalue weighted by atomic mass is 10.2. The summed E-state index contributed by atoms with van der Waals surface area (Å²) in [6.45, 7) is 0.365. The maximum Gasteiger partial charge on any atom is 0.326 e. The van der Waals surface area contributed by atoms with Crippen LogP contribution in [0.3, 0.4) is 0 Å². The van der Waals surface area contributed by atoms with Crippen molar-refractivity contribution in [2.45, 2.75) is 19.0 Å². The second-order valence-electron chi connectivity index (χ2n) is 3.96. The average Bonchev–Trinajstić information content (AvgIpc) is 2.86. The minimum atomic E-state index is -1.01. The van der Waals surface area contributed by atoms with Crippen LogP contribution < -0.4 is 5.32 Å². The SMILES string of the molecule is CSCC[C@H](NC(=O)N(C)Cc1cscn1)C(=O)O. The lowest BCUT2D eigenvalue weighted by Crippen LogP contribution is -2.46. The molecule has 1 aromatic heterocycles. The third-order valence-electron chi connectivity index (χ3n) is 2.44. The highest BCUT2D eigenvalue weighted by molar-refractivity contribution is 7.98. The summed E-state index contributed by atoms with van der Waals surface area (Å²) in [5, 5.41) is 13.4. The van der Waals surface area contributed by atoms with Crippen molar-refractivity contribution in [2.24, 2.45) is 0 Å². The summed E-state index contributed by atoms with van der Waals surface area (Å²) in [7, 11) is 1.61. The van der Waals surface area contributed by atoms with Gasteiger partial charge in [-0.3, -0.25) is 0 Å². The lowest BCUT2D eigenvalue weighted by Gasteiger charge is -2.20. The number of nitrogens with one attached hydrogen (secondary N) is 1. The highest BCUT2D eigenvalue weighted by atomic mass is 32.2. The first-order valence-electron chi connectivity index (χ1n) is 5.65. The van der Waals surface area contributed by atoms with Gasteiger partial charge < -0.3 is 15.3 Å². The molecular weight excluding hydrogens is 286 g/mol. The van der Waals surface area contributed by atoms with E-state index in [-0.39, 0.29) is 0 Å². The van der Waals surface area contributed by atoms with Crippen molar-refractivity contribution in [1.82, 2.24) is 15.2 Å². The highest BCUT2D eigenvalue weighted by Crippen LogP contribution is 2.05. The molecule has 0 aliphatic rings. The van der Waals surface area contributed by atoms with E-state index in [1.54, 1.807) is 24.3 Å². The number of amides is 2. The van der Waals surface area contributed by atoms with Crippen molar-refractivity contribution >= 4 is 35.1 Å². The van der Waals surface area contributed by atoms with Crippen LogP contribution in [0.1, 0.15) is 12.1 Å². The number of carbonyl (C=O) groups excluding carboxylic acids is 1. The zero-order valence-corrected chi connectivity index (χ0v) is 12.5. The Kier molecular flexibility index (Phi) is 6.65. The number of thiazole rings is 1. The largest absolute Gasteiger partial charge is 0.480 e. The molecule has 0 aliphatic carbocycles. The number of hydrogen-bond donors (Lipinski definition) is 2. The summed E-state index contributed by atoms with van der Waals surface area (Å²) >= 11 is 3.01. The molecule has 2 N–H and O–H groups in total. The van der Waals surface area contributed by atoms with Crippen molar-refractivity contribution in [1.29, 1.82) is 0 Å². The first kappa shape index (κ1) is 15.8. The van der Waals surface area contributed by atoms with Crippen LogP contribution in [0.2, 0.25) is 0 Å². The molecule has 0 saturated carbocycles. The number of urea groups is 1. The average molecular weight is 303 g/mol. The number of carbonyl (C=O) groups is 2. The van der Waals surface area contributed by atoms with Crippen LogP contribution >= 0.6 is 23.1 Å². The number of carboxylic acids is 1. The minimum Gasteiger partial charge on any atom is -0.480 e. The van der Waals surface area contributed by atoms with E-state index >= 15 is 0 Å². The number of carboxylic acid groups (broad SMARTS) is 1. The van der Waals surface area contributed by atoms with Crippen LogP contribution in [0.4, 0.5) is 4.79 Å². The fourth-order valence-corrected chi connectivity index (χ4v) is 2.40. The summed E-state index contributed by atoms with van der Waals surface area (Å²) < 4.78 is 0. The van der Waals surface area contributed by atoms with Crippen LogP contribution in [0.25, 0.3) is 0 Å². The molecule has 0 spiro atoms. The lowest BCUT2D eigenvalue weighted by molar-refractivity contribution is -0.139. The van der Waals surface area contributed by atoms with Gasteiger partial charge in [0.05, 0.1) is 17.7 Å². The topological polar surface area (TPSA) is 82.5 Å². The fourth-order valence-electron chi connectivity index (χ4n) is 1.38. The number of aromatic nitrogens is 1. The van der Waals surface area contributed by atoms with E-state index in [1.165, 1.54) is 16.2 Å². The Morgan fingerprint density at radius 1 is 1.63 bits per heavy atom. The molecule has 0 fully saturated rings. The highest BCUT2D eigenvalue weighted by Gasteiger charge is 2.21. The molecule has 106 valence electrons. The van der Waals surface area contributed by atoms with Gasteiger partial charge in [0.25, 0.3) is 0 Å². The molecule has 6 nitrogen and oxygen atoms in total. The van der Waals surface area contributed by atoms with Gasteiger partial charge in [-0.25, -0.2) is 14.6 Å². The summed E-state index contributed by atoms with van der Waals surface area (Å²) in [6, 6.07) is -1.25. The Morgan fingerprint density at radius 2 is 2.37 bits per heavy atom. The van der Waals surface area contributed by atoms with Crippen molar-refractivity contribution < 1.29 is 14.7 Å². The Balaban J connectivity index is 2.48. The maximum atomic E-state index is 11.9.